The van der Waals surface area contributed by atoms with Crippen LogP contribution in [0.15, 0.2) is 0 Å². The number of nitrogens with two attached hydrogens (primary N) is 1. The first-order chi connectivity index (χ1) is 6.89. The summed E-state index contributed by atoms with van der Waals surface area (Å²) in [5.41, 5.74) is 7.06. The van der Waals surface area contributed by atoms with Gasteiger partial charge in [0.1, 0.15) is 0 Å². The van der Waals surface area contributed by atoms with E-state index in [1.54, 1.807) is 0 Å². The van der Waals surface area contributed by atoms with Crippen molar-refractivity contribution in [2.45, 2.75) is 66.2 Å². The highest BCUT2D eigenvalue weighted by Crippen LogP contribution is 2.47. The van der Waals surface area contributed by atoms with Crippen LogP contribution in [-0.4, -0.2) is 6.54 Å². The molecular weight excluding hydrogens is 182 g/mol. The fourth-order valence-corrected chi connectivity index (χ4v) is 2.61. The third kappa shape index (κ3) is 3.79. The van der Waals surface area contributed by atoms with Crippen molar-refractivity contribution < 1.29 is 0 Å². The largest absolute Gasteiger partial charge is 0.330 e. The van der Waals surface area contributed by atoms with Crippen molar-refractivity contribution in [3.05, 3.63) is 0 Å². The van der Waals surface area contributed by atoms with Gasteiger partial charge in [0.15, 0.2) is 0 Å². The molecule has 0 aliphatic heterocycles. The van der Waals surface area contributed by atoms with Gasteiger partial charge >= 0.3 is 0 Å². The van der Waals surface area contributed by atoms with Gasteiger partial charge in [0.05, 0.1) is 0 Å². The molecule has 2 N–H and O–H groups in total. The predicted octanol–water partition coefficient (Wildman–Crippen LogP) is 3.97. The zero-order valence-electron chi connectivity index (χ0n) is 11.1. The molecule has 1 aliphatic rings. The van der Waals surface area contributed by atoms with Crippen LogP contribution in [0.4, 0.5) is 0 Å². The van der Waals surface area contributed by atoms with Crippen LogP contribution in [0.2, 0.25) is 0 Å². The Morgan fingerprint density at radius 2 is 1.60 bits per heavy atom. The fraction of sp³-hybridized carbons (Fsp3) is 1.00. The fourth-order valence-electron chi connectivity index (χ4n) is 2.61. The average Bonchev–Trinajstić information content (AvgIpc) is 2.17. The van der Waals surface area contributed by atoms with Gasteiger partial charge in [0, 0.05) is 0 Å². The number of hydrogen-bond donors (Lipinski definition) is 1. The molecule has 0 spiro atoms. The quantitative estimate of drug-likeness (QED) is 0.748. The van der Waals surface area contributed by atoms with Crippen LogP contribution in [0, 0.1) is 16.7 Å². The van der Waals surface area contributed by atoms with Crippen molar-refractivity contribution in [3.63, 3.8) is 0 Å². The molecule has 0 radical (unpaired) electrons. The van der Waals surface area contributed by atoms with Gasteiger partial charge in [-0.05, 0) is 55.4 Å². The van der Waals surface area contributed by atoms with E-state index >= 15 is 0 Å². The summed E-state index contributed by atoms with van der Waals surface area (Å²) in [5, 5.41) is 0. The van der Waals surface area contributed by atoms with Crippen molar-refractivity contribution in [1.29, 1.82) is 0 Å². The van der Waals surface area contributed by atoms with Gasteiger partial charge in [0.2, 0.25) is 0 Å². The van der Waals surface area contributed by atoms with Gasteiger partial charge in [-0.15, -0.1) is 0 Å². The molecule has 1 nitrogen and oxygen atoms in total. The highest BCUT2D eigenvalue weighted by Gasteiger charge is 2.36. The summed E-state index contributed by atoms with van der Waals surface area (Å²) in [6.45, 7) is 10.3. The van der Waals surface area contributed by atoms with Crippen LogP contribution in [-0.2, 0) is 0 Å². The van der Waals surface area contributed by atoms with E-state index in [1.807, 2.05) is 0 Å². The molecule has 0 aromatic carbocycles. The Morgan fingerprint density at radius 1 is 1.07 bits per heavy atom. The second-order valence-corrected chi connectivity index (χ2v) is 6.80. The van der Waals surface area contributed by atoms with E-state index in [1.165, 1.54) is 38.5 Å². The lowest BCUT2D eigenvalue weighted by molar-refractivity contribution is 0.0939. The predicted molar refractivity (Wildman–Crippen MR) is 67.8 cm³/mol. The molecule has 0 aromatic heterocycles. The second-order valence-electron chi connectivity index (χ2n) is 6.80. The average molecular weight is 211 g/mol. The molecule has 0 bridgehead atoms. The summed E-state index contributed by atoms with van der Waals surface area (Å²) >= 11 is 0. The Bertz CT molecular complexity index is 178. The Balaban J connectivity index is 2.49. The molecule has 1 rings (SSSR count). The third-order valence-corrected chi connectivity index (χ3v) is 4.35. The van der Waals surface area contributed by atoms with E-state index in [9.17, 15) is 0 Å². The molecular formula is C14H29N. The summed E-state index contributed by atoms with van der Waals surface area (Å²) in [4.78, 5) is 0. The summed E-state index contributed by atoms with van der Waals surface area (Å²) < 4.78 is 0. The van der Waals surface area contributed by atoms with E-state index in [0.717, 1.165) is 12.5 Å². The van der Waals surface area contributed by atoms with Crippen molar-refractivity contribution in [3.8, 4) is 0 Å². The summed E-state index contributed by atoms with van der Waals surface area (Å²) in [5.74, 6) is 0.823. The van der Waals surface area contributed by atoms with Crippen LogP contribution < -0.4 is 5.73 Å². The van der Waals surface area contributed by atoms with Crippen LogP contribution >= 0.6 is 0 Å². The molecule has 0 heterocycles. The molecule has 0 atom stereocenters. The van der Waals surface area contributed by atoms with E-state index in [0.29, 0.717) is 10.8 Å². The molecule has 0 saturated heterocycles. The minimum absolute atomic E-state index is 0.486. The Labute approximate surface area is 95.8 Å². The molecule has 0 unspecified atom stereocenters. The zero-order chi connectivity index (χ0) is 11.5. The summed E-state index contributed by atoms with van der Waals surface area (Å²) in [7, 11) is 0. The van der Waals surface area contributed by atoms with E-state index in [-0.39, 0.29) is 0 Å². The lowest BCUT2D eigenvalue weighted by Gasteiger charge is -2.43. The Hall–Kier alpha value is -0.0400. The lowest BCUT2D eigenvalue weighted by atomic mass is 9.63. The Morgan fingerprint density at radius 3 is 2.00 bits per heavy atom. The van der Waals surface area contributed by atoms with Crippen molar-refractivity contribution >= 4 is 0 Å². The maximum atomic E-state index is 6.01. The van der Waals surface area contributed by atoms with Crippen LogP contribution in [0.3, 0.4) is 0 Å². The van der Waals surface area contributed by atoms with Gasteiger partial charge < -0.3 is 5.73 Å². The van der Waals surface area contributed by atoms with Crippen LogP contribution in [0.25, 0.3) is 0 Å². The molecule has 90 valence electrons. The van der Waals surface area contributed by atoms with E-state index in [4.69, 9.17) is 5.73 Å². The minimum atomic E-state index is 0.486. The maximum absolute atomic E-state index is 6.01. The van der Waals surface area contributed by atoms with Gasteiger partial charge in [-0.1, -0.05) is 34.1 Å². The Kier molecular flexibility index (Phi) is 4.22. The monoisotopic (exact) mass is 211 g/mol. The second kappa shape index (κ2) is 4.86. The van der Waals surface area contributed by atoms with E-state index < -0.39 is 0 Å². The smallest absolute Gasteiger partial charge is 0.00205 e. The SMILES string of the molecule is CC(C)CCC1(CN)CCC(C)(C)CC1. The van der Waals surface area contributed by atoms with Crippen molar-refractivity contribution in [2.24, 2.45) is 22.5 Å². The molecule has 1 fully saturated rings. The molecule has 1 heteroatoms. The van der Waals surface area contributed by atoms with Crippen molar-refractivity contribution in [2.75, 3.05) is 6.54 Å². The topological polar surface area (TPSA) is 26.0 Å². The van der Waals surface area contributed by atoms with E-state index in [2.05, 4.69) is 27.7 Å². The van der Waals surface area contributed by atoms with Gasteiger partial charge in [-0.3, -0.25) is 0 Å². The zero-order valence-corrected chi connectivity index (χ0v) is 11.1. The number of rotatable bonds is 4. The lowest BCUT2D eigenvalue weighted by Crippen LogP contribution is -2.37. The maximum Gasteiger partial charge on any atom is -0.00205 e. The highest BCUT2D eigenvalue weighted by molar-refractivity contribution is 4.89. The minimum Gasteiger partial charge on any atom is -0.330 e. The molecule has 1 saturated carbocycles. The van der Waals surface area contributed by atoms with Crippen molar-refractivity contribution in [1.82, 2.24) is 0 Å². The molecule has 0 amide bonds. The first-order valence-corrected chi connectivity index (χ1v) is 6.59. The summed E-state index contributed by atoms with van der Waals surface area (Å²) in [6, 6.07) is 0. The standard InChI is InChI=1S/C14H29N/c1-12(2)5-6-14(11-15)9-7-13(3,4)8-10-14/h12H,5-11,15H2,1-4H3. The van der Waals surface area contributed by atoms with Gasteiger partial charge in [0.25, 0.3) is 0 Å². The highest BCUT2D eigenvalue weighted by atomic mass is 14.6. The molecule has 0 aromatic rings. The first kappa shape index (κ1) is 13.0. The third-order valence-electron chi connectivity index (χ3n) is 4.35. The first-order valence-electron chi connectivity index (χ1n) is 6.59. The molecule has 1 aliphatic carbocycles. The van der Waals surface area contributed by atoms with Gasteiger partial charge in [-0.25, -0.2) is 0 Å². The van der Waals surface area contributed by atoms with Crippen LogP contribution in [0.5, 0.6) is 0 Å². The van der Waals surface area contributed by atoms with Gasteiger partial charge in [-0.2, -0.15) is 0 Å². The molecule has 15 heavy (non-hydrogen) atoms. The normalized spacial score (nSPS) is 24.4. The summed E-state index contributed by atoms with van der Waals surface area (Å²) in [6.07, 6.45) is 8.12. The number of hydrogen-bond acceptors (Lipinski definition) is 1. The van der Waals surface area contributed by atoms with Crippen LogP contribution in [0.1, 0.15) is 66.2 Å².